The molecule has 0 aromatic carbocycles. The number of aromatic nitrogens is 1. The quantitative estimate of drug-likeness (QED) is 0.804. The van der Waals surface area contributed by atoms with Gasteiger partial charge in [-0.05, 0) is 25.8 Å². The van der Waals surface area contributed by atoms with Crippen LogP contribution in [0.4, 0.5) is 5.69 Å². The molecule has 92 valence electrons. The van der Waals surface area contributed by atoms with Crippen molar-refractivity contribution < 1.29 is 4.79 Å². The number of nitrogen functional groups attached to an aromatic ring is 1. The Morgan fingerprint density at radius 1 is 1.41 bits per heavy atom. The third-order valence-corrected chi connectivity index (χ3v) is 2.93. The molecule has 1 saturated heterocycles. The van der Waals surface area contributed by atoms with Crippen LogP contribution in [0.5, 0.6) is 0 Å². The number of nitrogens with two attached hydrogens (primary N) is 1. The van der Waals surface area contributed by atoms with E-state index in [0.717, 1.165) is 31.6 Å². The molecule has 1 aliphatic heterocycles. The maximum atomic E-state index is 12.0. The van der Waals surface area contributed by atoms with Crippen molar-refractivity contribution in [2.24, 2.45) is 0 Å². The van der Waals surface area contributed by atoms with Crippen molar-refractivity contribution in [1.29, 1.82) is 0 Å². The highest BCUT2D eigenvalue weighted by molar-refractivity contribution is 5.98. The minimum atomic E-state index is -0.170. The van der Waals surface area contributed by atoms with Gasteiger partial charge in [-0.25, -0.2) is 5.01 Å². The highest BCUT2D eigenvalue weighted by Crippen LogP contribution is 2.12. The summed E-state index contributed by atoms with van der Waals surface area (Å²) in [6.07, 6.45) is 5.02. The lowest BCUT2D eigenvalue weighted by Gasteiger charge is -2.26. The number of rotatable bonds is 2. The normalized spacial score (nSPS) is 16.8. The minimum Gasteiger partial charge on any atom is -0.398 e. The molecule has 1 aromatic rings. The van der Waals surface area contributed by atoms with Crippen LogP contribution in [0.15, 0.2) is 12.3 Å². The number of pyridine rings is 1. The number of hydrazine groups is 1. The van der Waals surface area contributed by atoms with Crippen LogP contribution >= 0.6 is 0 Å². The van der Waals surface area contributed by atoms with Crippen LogP contribution in [0.25, 0.3) is 0 Å². The third-order valence-electron chi connectivity index (χ3n) is 2.93. The SMILES string of the molecule is Cc1cc(N)c(C(=O)NN2CCCCC2)cn1. The van der Waals surface area contributed by atoms with Crippen LogP contribution in [0, 0.1) is 6.92 Å². The van der Waals surface area contributed by atoms with Gasteiger partial charge >= 0.3 is 0 Å². The second-order valence-corrected chi connectivity index (χ2v) is 4.40. The van der Waals surface area contributed by atoms with Gasteiger partial charge in [0.25, 0.3) is 5.91 Å². The summed E-state index contributed by atoms with van der Waals surface area (Å²) in [4.78, 5) is 16.1. The molecule has 0 bridgehead atoms. The summed E-state index contributed by atoms with van der Waals surface area (Å²) in [5.41, 5.74) is 10.4. The Labute approximate surface area is 101 Å². The Balaban J connectivity index is 2.03. The predicted molar refractivity (Wildman–Crippen MR) is 66.3 cm³/mol. The van der Waals surface area contributed by atoms with E-state index in [1.165, 1.54) is 12.6 Å². The largest absolute Gasteiger partial charge is 0.398 e. The standard InChI is InChI=1S/C12H18N4O/c1-9-7-11(13)10(8-14-9)12(17)15-16-5-3-2-4-6-16/h7-8H,2-6H2,1H3,(H2,13,14)(H,15,17). The zero-order valence-electron chi connectivity index (χ0n) is 10.1. The van der Waals surface area contributed by atoms with Crippen LogP contribution in [-0.2, 0) is 0 Å². The number of hydrogen-bond donors (Lipinski definition) is 2. The molecule has 0 saturated carbocycles. The summed E-state index contributed by atoms with van der Waals surface area (Å²) in [6, 6.07) is 1.71. The first kappa shape index (κ1) is 11.9. The number of nitrogens with zero attached hydrogens (tertiary/aromatic N) is 2. The lowest BCUT2D eigenvalue weighted by Crippen LogP contribution is -2.45. The second kappa shape index (κ2) is 5.14. The van der Waals surface area contributed by atoms with E-state index >= 15 is 0 Å². The van der Waals surface area contributed by atoms with Gasteiger partial charge in [0, 0.05) is 30.7 Å². The van der Waals surface area contributed by atoms with E-state index in [0.29, 0.717) is 11.3 Å². The number of aryl methyl sites for hydroxylation is 1. The monoisotopic (exact) mass is 234 g/mol. The van der Waals surface area contributed by atoms with Crippen LogP contribution in [0.2, 0.25) is 0 Å². The maximum absolute atomic E-state index is 12.0. The molecule has 1 aliphatic rings. The number of carbonyl (C=O) groups excluding carboxylic acids is 1. The molecule has 2 heterocycles. The number of hydrogen-bond acceptors (Lipinski definition) is 4. The van der Waals surface area contributed by atoms with Gasteiger partial charge in [0.1, 0.15) is 0 Å². The molecule has 0 unspecified atom stereocenters. The van der Waals surface area contributed by atoms with Gasteiger partial charge in [0.2, 0.25) is 0 Å². The van der Waals surface area contributed by atoms with Gasteiger partial charge < -0.3 is 5.73 Å². The predicted octanol–water partition coefficient (Wildman–Crippen LogP) is 1.10. The van der Waals surface area contributed by atoms with Crippen LogP contribution < -0.4 is 11.2 Å². The zero-order valence-corrected chi connectivity index (χ0v) is 10.1. The zero-order chi connectivity index (χ0) is 12.3. The Bertz CT molecular complexity index is 413. The average molecular weight is 234 g/mol. The second-order valence-electron chi connectivity index (χ2n) is 4.40. The van der Waals surface area contributed by atoms with E-state index in [-0.39, 0.29) is 5.91 Å². The first-order valence-electron chi connectivity index (χ1n) is 5.95. The van der Waals surface area contributed by atoms with Crippen LogP contribution in [0.3, 0.4) is 0 Å². The van der Waals surface area contributed by atoms with Crippen molar-refractivity contribution >= 4 is 11.6 Å². The molecule has 1 amide bonds. The van der Waals surface area contributed by atoms with Crippen molar-refractivity contribution in [2.75, 3.05) is 18.8 Å². The summed E-state index contributed by atoms with van der Waals surface area (Å²) in [6.45, 7) is 3.67. The summed E-state index contributed by atoms with van der Waals surface area (Å²) in [5, 5.41) is 1.95. The number of anilines is 1. The molecule has 3 N–H and O–H groups in total. The summed E-state index contributed by atoms with van der Waals surface area (Å²) in [7, 11) is 0. The fourth-order valence-corrected chi connectivity index (χ4v) is 1.98. The van der Waals surface area contributed by atoms with E-state index in [9.17, 15) is 4.79 Å². The van der Waals surface area contributed by atoms with Gasteiger partial charge in [0.15, 0.2) is 0 Å². The first-order valence-corrected chi connectivity index (χ1v) is 5.95. The summed E-state index contributed by atoms with van der Waals surface area (Å²) >= 11 is 0. The van der Waals surface area contributed by atoms with Gasteiger partial charge in [-0.2, -0.15) is 0 Å². The highest BCUT2D eigenvalue weighted by Gasteiger charge is 2.16. The van der Waals surface area contributed by atoms with Crippen molar-refractivity contribution in [1.82, 2.24) is 15.4 Å². The molecule has 0 radical (unpaired) electrons. The molecular weight excluding hydrogens is 216 g/mol. The van der Waals surface area contributed by atoms with E-state index in [1.54, 1.807) is 6.07 Å². The van der Waals surface area contributed by atoms with Crippen LogP contribution in [0.1, 0.15) is 35.3 Å². The van der Waals surface area contributed by atoms with Crippen molar-refractivity contribution in [3.05, 3.63) is 23.5 Å². The van der Waals surface area contributed by atoms with Gasteiger partial charge in [-0.3, -0.25) is 15.2 Å². The molecule has 0 atom stereocenters. The first-order chi connectivity index (χ1) is 8.16. The Kier molecular flexibility index (Phi) is 3.58. The van der Waals surface area contributed by atoms with Gasteiger partial charge in [0.05, 0.1) is 5.56 Å². The summed E-state index contributed by atoms with van der Waals surface area (Å²) < 4.78 is 0. The summed E-state index contributed by atoms with van der Waals surface area (Å²) in [5.74, 6) is -0.170. The number of carbonyl (C=O) groups is 1. The van der Waals surface area contributed by atoms with Crippen molar-refractivity contribution in [2.45, 2.75) is 26.2 Å². The number of nitrogens with one attached hydrogen (secondary N) is 1. The smallest absolute Gasteiger partial charge is 0.269 e. The van der Waals surface area contributed by atoms with Crippen LogP contribution in [-0.4, -0.2) is 29.0 Å². The molecule has 1 fully saturated rings. The Morgan fingerprint density at radius 2 is 2.12 bits per heavy atom. The third kappa shape index (κ3) is 2.94. The number of piperidine rings is 1. The Hall–Kier alpha value is -1.62. The Morgan fingerprint density at radius 3 is 2.76 bits per heavy atom. The lowest BCUT2D eigenvalue weighted by molar-refractivity contribution is 0.0750. The molecule has 0 spiro atoms. The number of amides is 1. The van der Waals surface area contributed by atoms with Gasteiger partial charge in [-0.15, -0.1) is 0 Å². The highest BCUT2D eigenvalue weighted by atomic mass is 16.2. The molecule has 17 heavy (non-hydrogen) atoms. The fraction of sp³-hybridized carbons (Fsp3) is 0.500. The minimum absolute atomic E-state index is 0.170. The van der Waals surface area contributed by atoms with E-state index in [2.05, 4.69) is 10.4 Å². The van der Waals surface area contributed by atoms with E-state index in [4.69, 9.17) is 5.73 Å². The van der Waals surface area contributed by atoms with Crippen molar-refractivity contribution in [3.63, 3.8) is 0 Å². The average Bonchev–Trinajstić information content (AvgIpc) is 2.30. The molecule has 0 aliphatic carbocycles. The molecule has 1 aromatic heterocycles. The van der Waals surface area contributed by atoms with E-state index in [1.807, 2.05) is 11.9 Å². The molecule has 2 rings (SSSR count). The topological polar surface area (TPSA) is 71.2 Å². The molecular formula is C12H18N4O. The van der Waals surface area contributed by atoms with E-state index < -0.39 is 0 Å². The molecule has 5 nitrogen and oxygen atoms in total. The van der Waals surface area contributed by atoms with Gasteiger partial charge in [-0.1, -0.05) is 6.42 Å². The van der Waals surface area contributed by atoms with Crippen molar-refractivity contribution in [3.8, 4) is 0 Å². The lowest BCUT2D eigenvalue weighted by atomic mass is 10.1. The maximum Gasteiger partial charge on any atom is 0.269 e. The fourth-order valence-electron chi connectivity index (χ4n) is 1.98. The molecule has 5 heteroatoms.